The zero-order chi connectivity index (χ0) is 14.0. The van der Waals surface area contributed by atoms with Gasteiger partial charge in [-0.15, -0.1) is 0 Å². The van der Waals surface area contributed by atoms with E-state index in [4.69, 9.17) is 0 Å². The van der Waals surface area contributed by atoms with E-state index < -0.39 is 0 Å². The lowest BCUT2D eigenvalue weighted by Gasteiger charge is -2.37. The van der Waals surface area contributed by atoms with Crippen LogP contribution in [0.2, 0.25) is 0 Å². The van der Waals surface area contributed by atoms with Gasteiger partial charge in [0.1, 0.15) is 0 Å². The van der Waals surface area contributed by atoms with Crippen molar-refractivity contribution in [3.63, 3.8) is 0 Å². The molecule has 0 aliphatic heterocycles. The summed E-state index contributed by atoms with van der Waals surface area (Å²) in [5.74, 6) is 0. The summed E-state index contributed by atoms with van der Waals surface area (Å²) in [5.41, 5.74) is 3.10. The molecule has 1 nitrogen and oxygen atoms in total. The quantitative estimate of drug-likeness (QED) is 0.811. The molecule has 0 aliphatic rings. The smallest absolute Gasteiger partial charge is 0.0135 e. The lowest BCUT2D eigenvalue weighted by atomic mass is 9.75. The van der Waals surface area contributed by atoms with Gasteiger partial charge in [-0.1, -0.05) is 57.5 Å². The Kier molecular flexibility index (Phi) is 4.61. The van der Waals surface area contributed by atoms with Gasteiger partial charge in [-0.05, 0) is 38.2 Å². The third-order valence-electron chi connectivity index (χ3n) is 3.40. The predicted octanol–water partition coefficient (Wildman–Crippen LogP) is 4.44. The standard InChI is InChI=1S/C17H29N/c1-13(2)18-17(6,7)12-16(4,5)15-10-8-14(3)9-11-15/h8-11,13,18H,12H2,1-7H3. The van der Waals surface area contributed by atoms with E-state index in [-0.39, 0.29) is 11.0 Å². The van der Waals surface area contributed by atoms with Crippen LogP contribution in [0.1, 0.15) is 59.1 Å². The van der Waals surface area contributed by atoms with Crippen molar-refractivity contribution < 1.29 is 0 Å². The molecular formula is C17H29N. The van der Waals surface area contributed by atoms with Crippen LogP contribution in [0.25, 0.3) is 0 Å². The second kappa shape index (κ2) is 5.44. The van der Waals surface area contributed by atoms with Gasteiger partial charge in [0, 0.05) is 11.6 Å². The maximum atomic E-state index is 3.66. The minimum Gasteiger partial charge on any atom is -0.310 e. The minimum absolute atomic E-state index is 0.155. The topological polar surface area (TPSA) is 12.0 Å². The SMILES string of the molecule is Cc1ccc(C(C)(C)CC(C)(C)NC(C)C)cc1. The summed E-state index contributed by atoms with van der Waals surface area (Å²) in [6.07, 6.45) is 1.13. The molecule has 1 heteroatoms. The second-order valence-corrected chi connectivity index (χ2v) is 7.11. The highest BCUT2D eigenvalue weighted by atomic mass is 15.0. The van der Waals surface area contributed by atoms with Crippen LogP contribution in [0.4, 0.5) is 0 Å². The number of hydrogen-bond donors (Lipinski definition) is 1. The molecule has 1 aromatic rings. The van der Waals surface area contributed by atoms with Gasteiger partial charge in [-0.25, -0.2) is 0 Å². The minimum atomic E-state index is 0.155. The van der Waals surface area contributed by atoms with Crippen LogP contribution in [-0.2, 0) is 5.41 Å². The molecule has 0 atom stereocenters. The average Bonchev–Trinajstić information content (AvgIpc) is 2.13. The maximum Gasteiger partial charge on any atom is 0.0135 e. The van der Waals surface area contributed by atoms with E-state index in [1.54, 1.807) is 0 Å². The maximum absolute atomic E-state index is 3.66. The van der Waals surface area contributed by atoms with Crippen LogP contribution in [0.5, 0.6) is 0 Å². The van der Waals surface area contributed by atoms with Crippen molar-refractivity contribution in [3.05, 3.63) is 35.4 Å². The first kappa shape index (κ1) is 15.2. The zero-order valence-electron chi connectivity index (χ0n) is 13.1. The second-order valence-electron chi connectivity index (χ2n) is 7.11. The number of aryl methyl sites for hydroxylation is 1. The molecule has 0 aromatic heterocycles. The van der Waals surface area contributed by atoms with Gasteiger partial charge in [0.2, 0.25) is 0 Å². The van der Waals surface area contributed by atoms with Gasteiger partial charge in [0.15, 0.2) is 0 Å². The van der Waals surface area contributed by atoms with E-state index in [2.05, 4.69) is 78.0 Å². The van der Waals surface area contributed by atoms with Crippen molar-refractivity contribution in [2.75, 3.05) is 0 Å². The van der Waals surface area contributed by atoms with Crippen LogP contribution in [0.3, 0.4) is 0 Å². The van der Waals surface area contributed by atoms with E-state index >= 15 is 0 Å². The van der Waals surface area contributed by atoms with Crippen LogP contribution < -0.4 is 5.32 Å². The normalized spacial score (nSPS) is 13.1. The monoisotopic (exact) mass is 247 g/mol. The molecule has 0 unspecified atom stereocenters. The van der Waals surface area contributed by atoms with Gasteiger partial charge in [-0.2, -0.15) is 0 Å². The Bertz CT molecular complexity index is 371. The van der Waals surface area contributed by atoms with Gasteiger partial charge in [0.05, 0.1) is 0 Å². The van der Waals surface area contributed by atoms with Gasteiger partial charge in [0.25, 0.3) is 0 Å². The Hall–Kier alpha value is -0.820. The fourth-order valence-corrected chi connectivity index (χ4v) is 3.04. The highest BCUT2D eigenvalue weighted by Gasteiger charge is 2.30. The first-order chi connectivity index (χ1) is 8.12. The lowest BCUT2D eigenvalue weighted by molar-refractivity contribution is 0.270. The molecule has 0 heterocycles. The van der Waals surface area contributed by atoms with Crippen LogP contribution in [-0.4, -0.2) is 11.6 Å². The first-order valence-electron chi connectivity index (χ1n) is 6.97. The first-order valence-corrected chi connectivity index (χ1v) is 6.97. The van der Waals surface area contributed by atoms with Crippen molar-refractivity contribution in [2.24, 2.45) is 0 Å². The number of benzene rings is 1. The zero-order valence-corrected chi connectivity index (χ0v) is 13.1. The average molecular weight is 247 g/mol. The number of hydrogen-bond acceptors (Lipinski definition) is 1. The molecule has 1 N–H and O–H groups in total. The summed E-state index contributed by atoms with van der Waals surface area (Å²) >= 11 is 0. The highest BCUT2D eigenvalue weighted by molar-refractivity contribution is 5.28. The summed E-state index contributed by atoms with van der Waals surface area (Å²) in [5, 5.41) is 3.66. The summed E-state index contributed by atoms with van der Waals surface area (Å²) < 4.78 is 0. The molecule has 1 rings (SSSR count). The molecule has 0 saturated carbocycles. The van der Waals surface area contributed by atoms with Crippen molar-refractivity contribution in [1.82, 2.24) is 5.32 Å². The lowest BCUT2D eigenvalue weighted by Crippen LogP contribution is -2.47. The van der Waals surface area contributed by atoms with Crippen LogP contribution >= 0.6 is 0 Å². The fraction of sp³-hybridized carbons (Fsp3) is 0.647. The molecule has 0 aliphatic carbocycles. The molecular weight excluding hydrogens is 218 g/mol. The van der Waals surface area contributed by atoms with Gasteiger partial charge >= 0.3 is 0 Å². The molecule has 0 saturated heterocycles. The Labute approximate surface area is 113 Å². The van der Waals surface area contributed by atoms with Crippen molar-refractivity contribution in [1.29, 1.82) is 0 Å². The van der Waals surface area contributed by atoms with Crippen molar-refractivity contribution in [3.8, 4) is 0 Å². The van der Waals surface area contributed by atoms with Crippen LogP contribution in [0, 0.1) is 6.92 Å². The van der Waals surface area contributed by atoms with E-state index in [0.29, 0.717) is 6.04 Å². The van der Waals surface area contributed by atoms with Crippen molar-refractivity contribution in [2.45, 2.75) is 71.9 Å². The molecule has 0 fully saturated rings. The Morgan fingerprint density at radius 3 is 1.94 bits per heavy atom. The summed E-state index contributed by atoms with van der Waals surface area (Å²) in [4.78, 5) is 0. The Morgan fingerprint density at radius 2 is 1.50 bits per heavy atom. The van der Waals surface area contributed by atoms with E-state index in [1.165, 1.54) is 11.1 Å². The van der Waals surface area contributed by atoms with Crippen LogP contribution in [0.15, 0.2) is 24.3 Å². The molecule has 0 radical (unpaired) electrons. The highest BCUT2D eigenvalue weighted by Crippen LogP contribution is 2.32. The third-order valence-corrected chi connectivity index (χ3v) is 3.40. The van der Waals surface area contributed by atoms with E-state index in [1.807, 2.05) is 0 Å². The largest absolute Gasteiger partial charge is 0.310 e. The molecule has 0 spiro atoms. The number of rotatable bonds is 5. The molecule has 102 valence electrons. The Morgan fingerprint density at radius 1 is 1.00 bits per heavy atom. The van der Waals surface area contributed by atoms with Gasteiger partial charge in [-0.3, -0.25) is 0 Å². The van der Waals surface area contributed by atoms with E-state index in [0.717, 1.165) is 6.42 Å². The summed E-state index contributed by atoms with van der Waals surface area (Å²) in [7, 11) is 0. The fourth-order valence-electron chi connectivity index (χ4n) is 3.04. The van der Waals surface area contributed by atoms with Crippen molar-refractivity contribution >= 4 is 0 Å². The van der Waals surface area contributed by atoms with E-state index in [9.17, 15) is 0 Å². The Balaban J connectivity index is 2.83. The number of nitrogens with one attached hydrogen (secondary N) is 1. The molecule has 0 bridgehead atoms. The third kappa shape index (κ3) is 4.45. The molecule has 1 aromatic carbocycles. The molecule has 18 heavy (non-hydrogen) atoms. The molecule has 0 amide bonds. The van der Waals surface area contributed by atoms with Gasteiger partial charge < -0.3 is 5.32 Å². The summed E-state index contributed by atoms with van der Waals surface area (Å²) in [6, 6.07) is 9.47. The predicted molar refractivity (Wildman–Crippen MR) is 81.2 cm³/mol. The summed E-state index contributed by atoms with van der Waals surface area (Å²) in [6.45, 7) is 15.8.